The predicted molar refractivity (Wildman–Crippen MR) is 64.4 cm³/mol. The molecule has 0 rings (SSSR count). The minimum absolute atomic E-state index is 0.934. The Morgan fingerprint density at radius 2 is 1.00 bits per heavy atom. The average Bonchev–Trinajstić information content (AvgIpc) is 2.42. The molecule has 0 amide bonds. The summed E-state index contributed by atoms with van der Waals surface area (Å²) in [5.74, 6) is -3.21. The molecule has 2 unspecified atom stereocenters. The van der Waals surface area contributed by atoms with E-state index >= 15 is 0 Å². The van der Waals surface area contributed by atoms with Gasteiger partial charge in [-0.1, -0.05) is 0 Å². The van der Waals surface area contributed by atoms with E-state index in [1.807, 2.05) is 0 Å². The lowest BCUT2D eigenvalue weighted by molar-refractivity contribution is 0.192. The van der Waals surface area contributed by atoms with Crippen molar-refractivity contribution in [2.45, 2.75) is 11.7 Å². The maximum Gasteiger partial charge on any atom is 0.362 e. The monoisotopic (exact) mass is 304 g/mol. The fraction of sp³-hybridized carbons (Fsp3) is 0.750. The highest BCUT2D eigenvalue weighted by molar-refractivity contribution is 7.55. The third kappa shape index (κ3) is 4.26. The van der Waals surface area contributed by atoms with Gasteiger partial charge in [0.05, 0.1) is 0 Å². The second-order valence-corrected chi connectivity index (χ2v) is 7.70. The highest BCUT2D eigenvalue weighted by Crippen LogP contribution is 2.53. The van der Waals surface area contributed by atoms with Gasteiger partial charge in [-0.3, -0.25) is 9.13 Å². The topological polar surface area (TPSA) is 112 Å². The minimum atomic E-state index is -3.71. The number of aliphatic hydroxyl groups is 2. The molecule has 0 aliphatic heterocycles. The van der Waals surface area contributed by atoms with Gasteiger partial charge in [0.25, 0.3) is 0 Å². The van der Waals surface area contributed by atoms with Gasteiger partial charge in [0.15, 0.2) is 11.7 Å². The molecule has 2 N–H and O–H groups in total. The molecule has 0 bridgehead atoms. The van der Waals surface area contributed by atoms with E-state index in [0.29, 0.717) is 0 Å². The Labute approximate surface area is 106 Å². The zero-order chi connectivity index (χ0) is 14.4. The molecule has 0 aromatic rings. The average molecular weight is 304 g/mol. The second-order valence-electron chi connectivity index (χ2n) is 3.02. The van der Waals surface area contributed by atoms with Gasteiger partial charge >= 0.3 is 15.2 Å². The van der Waals surface area contributed by atoms with E-state index in [2.05, 4.69) is 18.1 Å². The summed E-state index contributed by atoms with van der Waals surface area (Å²) in [7, 11) is -3.01. The van der Waals surface area contributed by atoms with Gasteiger partial charge in [-0.15, -0.1) is 0 Å². The van der Waals surface area contributed by atoms with Crippen LogP contribution in [0, 0.1) is 0 Å². The number of hydrogen-bond donors (Lipinski definition) is 2. The molecule has 10 heteroatoms. The first-order valence-corrected chi connectivity index (χ1v) is 7.98. The lowest BCUT2D eigenvalue weighted by atomic mass is 10.5. The Balaban J connectivity index is 4.85. The Kier molecular flexibility index (Phi) is 7.51. The van der Waals surface area contributed by atoms with Crippen LogP contribution in [0.1, 0.15) is 0 Å². The van der Waals surface area contributed by atoms with E-state index < -0.39 is 26.9 Å². The first kappa shape index (κ1) is 18.0. The Morgan fingerprint density at radius 3 is 1.17 bits per heavy atom. The fourth-order valence-electron chi connectivity index (χ4n) is 0.991. The Bertz CT molecular complexity index is 318. The molecule has 0 radical (unpaired) electrons. The molecule has 8 nitrogen and oxygen atoms in total. The van der Waals surface area contributed by atoms with Crippen molar-refractivity contribution in [1.29, 1.82) is 0 Å². The molecule has 108 valence electrons. The zero-order valence-corrected chi connectivity index (χ0v) is 12.3. The second kappa shape index (κ2) is 7.53. The van der Waals surface area contributed by atoms with Gasteiger partial charge in [-0.25, -0.2) is 0 Å². The van der Waals surface area contributed by atoms with Crippen molar-refractivity contribution in [1.82, 2.24) is 0 Å². The summed E-state index contributed by atoms with van der Waals surface area (Å²) < 4.78 is 41.5. The summed E-state index contributed by atoms with van der Waals surface area (Å²) in [5.41, 5.74) is 0. The van der Waals surface area contributed by atoms with Crippen LogP contribution < -0.4 is 0 Å². The summed E-state index contributed by atoms with van der Waals surface area (Å²) in [6, 6.07) is 0. The molecular formula is C8H18O8P2. The van der Waals surface area contributed by atoms with Gasteiger partial charge in [-0.2, -0.15) is 0 Å². The van der Waals surface area contributed by atoms with Crippen LogP contribution >= 0.6 is 15.2 Å². The third-order valence-electron chi connectivity index (χ3n) is 2.12. The minimum Gasteiger partial charge on any atom is -0.377 e. The number of rotatable bonds is 8. The lowest BCUT2D eigenvalue weighted by Gasteiger charge is -2.19. The molecule has 0 saturated carbocycles. The van der Waals surface area contributed by atoms with Gasteiger partial charge in [0, 0.05) is 28.4 Å². The van der Waals surface area contributed by atoms with Crippen LogP contribution in [-0.2, 0) is 27.2 Å². The standard InChI is InChI=1S/C8H18O8P2/c1-13-17(11,14-2)7(9)5-6-8(10)18(12,15-3)16-4/h5-10H,1-4H3/b6-5+. The first-order valence-electron chi connectivity index (χ1n) is 4.76. The highest BCUT2D eigenvalue weighted by Gasteiger charge is 2.33. The van der Waals surface area contributed by atoms with Crippen molar-refractivity contribution >= 4 is 15.2 Å². The van der Waals surface area contributed by atoms with Crippen molar-refractivity contribution < 1.29 is 37.4 Å². The molecule has 0 heterocycles. The fourth-order valence-corrected chi connectivity index (χ4v) is 2.77. The SMILES string of the molecule is COP(=O)(OC)C(O)/C=C/C(O)P(=O)(OC)OC. The van der Waals surface area contributed by atoms with Crippen LogP contribution in [0.3, 0.4) is 0 Å². The van der Waals surface area contributed by atoms with E-state index in [1.165, 1.54) is 0 Å². The lowest BCUT2D eigenvalue weighted by Crippen LogP contribution is -2.11. The molecule has 0 saturated heterocycles. The van der Waals surface area contributed by atoms with Gasteiger partial charge in [-0.05, 0) is 12.2 Å². The molecular weight excluding hydrogens is 286 g/mol. The molecule has 0 aliphatic carbocycles. The summed E-state index contributed by atoms with van der Waals surface area (Å²) in [6.45, 7) is 0. The summed E-state index contributed by atoms with van der Waals surface area (Å²) in [4.78, 5) is 0. The smallest absolute Gasteiger partial charge is 0.362 e. The molecule has 0 aliphatic rings. The van der Waals surface area contributed by atoms with Crippen LogP contribution in [0.25, 0.3) is 0 Å². The van der Waals surface area contributed by atoms with Crippen molar-refractivity contribution in [3.05, 3.63) is 12.2 Å². The van der Waals surface area contributed by atoms with Crippen molar-refractivity contribution in [3.63, 3.8) is 0 Å². The van der Waals surface area contributed by atoms with E-state index in [-0.39, 0.29) is 0 Å². The highest BCUT2D eigenvalue weighted by atomic mass is 31.2. The summed E-state index contributed by atoms with van der Waals surface area (Å²) >= 11 is 0. The van der Waals surface area contributed by atoms with Crippen LogP contribution in [0.2, 0.25) is 0 Å². The molecule has 2 atom stereocenters. The van der Waals surface area contributed by atoms with Gasteiger partial charge in [0.1, 0.15) is 0 Å². The predicted octanol–water partition coefficient (Wildman–Crippen LogP) is 1.15. The van der Waals surface area contributed by atoms with Gasteiger partial charge in [0.2, 0.25) is 0 Å². The molecule has 0 spiro atoms. The van der Waals surface area contributed by atoms with E-state index in [9.17, 15) is 19.3 Å². The van der Waals surface area contributed by atoms with Crippen LogP contribution in [0.4, 0.5) is 0 Å². The third-order valence-corrected chi connectivity index (χ3v) is 5.80. The van der Waals surface area contributed by atoms with E-state index in [1.54, 1.807) is 0 Å². The molecule has 0 aromatic carbocycles. The first-order chi connectivity index (χ1) is 8.29. The van der Waals surface area contributed by atoms with Crippen LogP contribution in [0.5, 0.6) is 0 Å². The Hall–Kier alpha value is -0.0400. The van der Waals surface area contributed by atoms with Gasteiger partial charge < -0.3 is 28.3 Å². The van der Waals surface area contributed by atoms with Crippen molar-refractivity contribution in [3.8, 4) is 0 Å². The number of aliphatic hydroxyl groups excluding tert-OH is 2. The van der Waals surface area contributed by atoms with Crippen molar-refractivity contribution in [2.75, 3.05) is 28.4 Å². The molecule has 0 aromatic heterocycles. The van der Waals surface area contributed by atoms with Crippen molar-refractivity contribution in [2.24, 2.45) is 0 Å². The summed E-state index contributed by atoms with van der Waals surface area (Å²) in [6.07, 6.45) is 1.87. The van der Waals surface area contributed by atoms with E-state index in [0.717, 1.165) is 40.6 Å². The van der Waals surface area contributed by atoms with E-state index in [4.69, 9.17) is 0 Å². The quantitative estimate of drug-likeness (QED) is 0.507. The number of hydrogen-bond acceptors (Lipinski definition) is 8. The molecule has 18 heavy (non-hydrogen) atoms. The largest absolute Gasteiger partial charge is 0.377 e. The van der Waals surface area contributed by atoms with Crippen LogP contribution in [0.15, 0.2) is 12.2 Å². The maximum absolute atomic E-state index is 11.7. The zero-order valence-electron chi connectivity index (χ0n) is 10.5. The summed E-state index contributed by atoms with van der Waals surface area (Å²) in [5, 5.41) is 19.1. The maximum atomic E-state index is 11.7. The van der Waals surface area contributed by atoms with Crippen LogP contribution in [-0.4, -0.2) is 50.3 Å². The normalized spacial score (nSPS) is 17.0. The Morgan fingerprint density at radius 1 is 0.778 bits per heavy atom. The molecule has 0 fully saturated rings.